The van der Waals surface area contributed by atoms with E-state index in [4.69, 9.17) is 5.73 Å². The Balaban J connectivity index is 2.48. The Bertz CT molecular complexity index is 821. The topological polar surface area (TPSA) is 76.7 Å². The van der Waals surface area contributed by atoms with E-state index < -0.39 is 11.4 Å². The first-order valence-electron chi connectivity index (χ1n) is 6.19. The fraction of sp³-hybridized carbons (Fsp3) is 0.143. The number of nitrogens with one attached hydrogen (secondary N) is 1. The second-order valence-electron chi connectivity index (χ2n) is 4.63. The summed E-state index contributed by atoms with van der Waals surface area (Å²) in [6.07, 6.45) is 1.60. The number of benzene rings is 1. The molecule has 0 fully saturated rings. The molecule has 2 heterocycles. The molecule has 1 aromatic carbocycles. The van der Waals surface area contributed by atoms with Crippen molar-refractivity contribution in [2.45, 2.75) is 13.0 Å². The lowest BCUT2D eigenvalue weighted by molar-refractivity contribution is 0.636. The second kappa shape index (κ2) is 4.57. The highest BCUT2D eigenvalue weighted by Gasteiger charge is 2.16. The van der Waals surface area contributed by atoms with Crippen LogP contribution in [0.2, 0.25) is 0 Å². The van der Waals surface area contributed by atoms with E-state index in [2.05, 4.69) is 10.2 Å². The van der Waals surface area contributed by atoms with Gasteiger partial charge < -0.3 is 5.73 Å². The molecular formula is C14H13FN4O. The highest BCUT2D eigenvalue weighted by Crippen LogP contribution is 2.20. The monoisotopic (exact) mass is 272 g/mol. The van der Waals surface area contributed by atoms with E-state index in [9.17, 15) is 9.18 Å². The largest absolute Gasteiger partial charge is 0.323 e. The van der Waals surface area contributed by atoms with Crippen molar-refractivity contribution in [3.63, 3.8) is 0 Å². The molecule has 2 aromatic heterocycles. The van der Waals surface area contributed by atoms with Crippen LogP contribution >= 0.6 is 0 Å². The molecule has 0 saturated heterocycles. The van der Waals surface area contributed by atoms with Gasteiger partial charge in [-0.15, -0.1) is 0 Å². The lowest BCUT2D eigenvalue weighted by atomic mass is 10.1. The fourth-order valence-electron chi connectivity index (χ4n) is 2.29. The molecule has 0 saturated carbocycles. The predicted octanol–water partition coefficient (Wildman–Crippen LogP) is 1.87. The zero-order valence-electron chi connectivity index (χ0n) is 10.8. The van der Waals surface area contributed by atoms with Gasteiger partial charge in [0.25, 0.3) is 5.56 Å². The number of halogens is 1. The molecule has 0 spiro atoms. The van der Waals surface area contributed by atoms with E-state index in [1.807, 2.05) is 0 Å². The minimum Gasteiger partial charge on any atom is -0.323 e. The Morgan fingerprint density at radius 3 is 2.85 bits per heavy atom. The van der Waals surface area contributed by atoms with Gasteiger partial charge in [-0.05, 0) is 24.4 Å². The standard InChI is InChI=1S/C14H13FN4O/c1-8(16)11-7-9-3-2-4-10(15)13(9)14(20)19(11)12-5-6-17-18-12/h2-8H,16H2,1H3,(H,17,18). The molecule has 0 aliphatic carbocycles. The Kier molecular flexibility index (Phi) is 2.87. The van der Waals surface area contributed by atoms with E-state index >= 15 is 0 Å². The van der Waals surface area contributed by atoms with E-state index in [1.165, 1.54) is 10.6 Å². The molecule has 102 valence electrons. The van der Waals surface area contributed by atoms with Gasteiger partial charge in [-0.2, -0.15) is 5.10 Å². The second-order valence-corrected chi connectivity index (χ2v) is 4.63. The SMILES string of the molecule is CC(N)c1cc2cccc(F)c2c(=O)n1-c1cc[nH]n1. The highest BCUT2D eigenvalue weighted by atomic mass is 19.1. The number of rotatable bonds is 2. The third-order valence-corrected chi connectivity index (χ3v) is 3.21. The Labute approximate surface area is 113 Å². The maximum Gasteiger partial charge on any atom is 0.267 e. The Morgan fingerprint density at radius 2 is 2.20 bits per heavy atom. The van der Waals surface area contributed by atoms with Gasteiger partial charge in [0.1, 0.15) is 5.82 Å². The number of aromatic nitrogens is 3. The van der Waals surface area contributed by atoms with Crippen molar-refractivity contribution in [1.29, 1.82) is 0 Å². The van der Waals surface area contributed by atoms with E-state index in [0.29, 0.717) is 16.9 Å². The summed E-state index contributed by atoms with van der Waals surface area (Å²) in [4.78, 5) is 12.6. The molecule has 0 radical (unpaired) electrons. The number of hydrogen-bond acceptors (Lipinski definition) is 3. The molecule has 0 aliphatic heterocycles. The molecule has 1 unspecified atom stereocenters. The van der Waals surface area contributed by atoms with Crippen molar-refractivity contribution in [2.24, 2.45) is 5.73 Å². The van der Waals surface area contributed by atoms with E-state index in [0.717, 1.165) is 0 Å². The molecule has 20 heavy (non-hydrogen) atoms. The lowest BCUT2D eigenvalue weighted by Crippen LogP contribution is -2.26. The summed E-state index contributed by atoms with van der Waals surface area (Å²) >= 11 is 0. The van der Waals surface area contributed by atoms with Gasteiger partial charge >= 0.3 is 0 Å². The molecule has 5 nitrogen and oxygen atoms in total. The molecule has 1 atom stereocenters. The van der Waals surface area contributed by atoms with Crippen molar-refractivity contribution in [3.05, 3.63) is 58.4 Å². The van der Waals surface area contributed by atoms with Crippen LogP contribution in [0.5, 0.6) is 0 Å². The van der Waals surface area contributed by atoms with Crippen LogP contribution in [0.25, 0.3) is 16.6 Å². The quantitative estimate of drug-likeness (QED) is 0.747. The number of hydrogen-bond donors (Lipinski definition) is 2. The smallest absolute Gasteiger partial charge is 0.267 e. The molecular weight excluding hydrogens is 259 g/mol. The van der Waals surface area contributed by atoms with Crippen LogP contribution < -0.4 is 11.3 Å². The van der Waals surface area contributed by atoms with Gasteiger partial charge in [-0.1, -0.05) is 12.1 Å². The van der Waals surface area contributed by atoms with Crippen molar-refractivity contribution >= 4 is 10.8 Å². The molecule has 0 bridgehead atoms. The molecule has 3 N–H and O–H groups in total. The normalized spacial score (nSPS) is 12.8. The molecule has 0 amide bonds. The summed E-state index contributed by atoms with van der Waals surface area (Å²) in [5, 5.41) is 7.20. The molecule has 6 heteroatoms. The minimum atomic E-state index is -0.548. The van der Waals surface area contributed by atoms with Gasteiger partial charge in [0.05, 0.1) is 5.39 Å². The number of H-pyrrole nitrogens is 1. The van der Waals surface area contributed by atoms with Gasteiger partial charge in [0.2, 0.25) is 0 Å². The van der Waals surface area contributed by atoms with Crippen LogP contribution in [-0.4, -0.2) is 14.8 Å². The Hall–Kier alpha value is -2.47. The van der Waals surface area contributed by atoms with Crippen LogP contribution in [-0.2, 0) is 0 Å². The first kappa shape index (κ1) is 12.6. The summed E-state index contributed by atoms with van der Waals surface area (Å²) in [5.74, 6) is -0.152. The summed E-state index contributed by atoms with van der Waals surface area (Å²) in [6.45, 7) is 1.77. The minimum absolute atomic E-state index is 0.0416. The zero-order chi connectivity index (χ0) is 14.3. The van der Waals surface area contributed by atoms with Crippen molar-refractivity contribution in [1.82, 2.24) is 14.8 Å². The zero-order valence-corrected chi connectivity index (χ0v) is 10.8. The van der Waals surface area contributed by atoms with Gasteiger partial charge in [-0.3, -0.25) is 14.5 Å². The summed E-state index contributed by atoms with van der Waals surface area (Å²) in [6, 6.07) is 7.51. The highest BCUT2D eigenvalue weighted by molar-refractivity contribution is 5.83. The maximum atomic E-state index is 13.9. The maximum absolute atomic E-state index is 13.9. The van der Waals surface area contributed by atoms with Gasteiger partial charge in [-0.25, -0.2) is 4.39 Å². The number of nitrogens with two attached hydrogens (primary N) is 1. The lowest BCUT2D eigenvalue weighted by Gasteiger charge is -2.15. The van der Waals surface area contributed by atoms with Crippen molar-refractivity contribution in [2.75, 3.05) is 0 Å². The average Bonchev–Trinajstić information content (AvgIpc) is 2.91. The van der Waals surface area contributed by atoms with Crippen molar-refractivity contribution < 1.29 is 4.39 Å². The third-order valence-electron chi connectivity index (χ3n) is 3.21. The van der Waals surface area contributed by atoms with Crippen LogP contribution in [0, 0.1) is 5.82 Å². The molecule has 3 aromatic rings. The Morgan fingerprint density at radius 1 is 1.40 bits per heavy atom. The fourth-order valence-corrected chi connectivity index (χ4v) is 2.29. The summed E-state index contributed by atoms with van der Waals surface area (Å²) in [5.41, 5.74) is 6.05. The average molecular weight is 272 g/mol. The first-order valence-corrected chi connectivity index (χ1v) is 6.19. The third kappa shape index (κ3) is 1.81. The number of fused-ring (bicyclic) bond motifs is 1. The number of pyridine rings is 1. The first-order chi connectivity index (χ1) is 9.59. The van der Waals surface area contributed by atoms with Crippen LogP contribution in [0.15, 0.2) is 41.3 Å². The predicted molar refractivity (Wildman–Crippen MR) is 74.3 cm³/mol. The summed E-state index contributed by atoms with van der Waals surface area (Å²) in [7, 11) is 0. The van der Waals surface area contributed by atoms with Gasteiger partial charge in [0, 0.05) is 24.0 Å². The van der Waals surface area contributed by atoms with Crippen LogP contribution in [0.1, 0.15) is 18.7 Å². The van der Waals surface area contributed by atoms with Crippen LogP contribution in [0.3, 0.4) is 0 Å². The van der Waals surface area contributed by atoms with Crippen LogP contribution in [0.4, 0.5) is 4.39 Å². The van der Waals surface area contributed by atoms with E-state index in [1.54, 1.807) is 37.4 Å². The van der Waals surface area contributed by atoms with Gasteiger partial charge in [0.15, 0.2) is 5.82 Å². The summed E-state index contributed by atoms with van der Waals surface area (Å²) < 4.78 is 15.3. The number of nitrogens with zero attached hydrogens (tertiary/aromatic N) is 2. The molecule has 0 aliphatic rings. The molecule has 3 rings (SSSR count). The van der Waals surface area contributed by atoms with E-state index in [-0.39, 0.29) is 11.4 Å². The number of aromatic amines is 1. The van der Waals surface area contributed by atoms with Crippen molar-refractivity contribution in [3.8, 4) is 5.82 Å².